The number of rotatable bonds is 5. The number of nitrogens with one attached hydrogen (secondary N) is 1. The van der Waals surface area contributed by atoms with Crippen LogP contribution in [0.5, 0.6) is 0 Å². The van der Waals surface area contributed by atoms with Gasteiger partial charge in [-0.3, -0.25) is 9.69 Å². The lowest BCUT2D eigenvalue weighted by Gasteiger charge is -2.27. The van der Waals surface area contributed by atoms with E-state index in [1.807, 2.05) is 30.3 Å². The molecule has 2 heterocycles. The highest BCUT2D eigenvalue weighted by molar-refractivity contribution is 5.82. The van der Waals surface area contributed by atoms with Crippen molar-refractivity contribution in [3.05, 3.63) is 59.5 Å². The van der Waals surface area contributed by atoms with Crippen molar-refractivity contribution in [1.29, 1.82) is 0 Å². The largest absolute Gasteiger partial charge is 0.465 e. The summed E-state index contributed by atoms with van der Waals surface area (Å²) in [6.45, 7) is 4.42. The van der Waals surface area contributed by atoms with Crippen LogP contribution in [0.4, 0.5) is 0 Å². The molecule has 1 unspecified atom stereocenters. The van der Waals surface area contributed by atoms with Gasteiger partial charge in [-0.2, -0.15) is 0 Å². The number of carbonyl (C=O) groups excluding carboxylic acids is 1. The van der Waals surface area contributed by atoms with Gasteiger partial charge in [0.15, 0.2) is 0 Å². The molecule has 1 aromatic carbocycles. The number of carbonyl (C=O) groups is 1. The highest BCUT2D eigenvalue weighted by Gasteiger charge is 2.28. The molecule has 1 saturated heterocycles. The minimum Gasteiger partial charge on any atom is -0.465 e. The van der Waals surface area contributed by atoms with Crippen LogP contribution >= 0.6 is 0 Å². The van der Waals surface area contributed by atoms with Crippen LogP contribution in [0.25, 0.3) is 0 Å². The number of hydrogen-bond acceptors (Lipinski definition) is 3. The lowest BCUT2D eigenvalue weighted by Crippen LogP contribution is -2.45. The smallest absolute Gasteiger partial charge is 0.237 e. The van der Waals surface area contributed by atoms with Crippen LogP contribution in [0, 0.1) is 0 Å². The average Bonchev–Trinajstić information content (AvgIpc) is 2.97. The topological polar surface area (TPSA) is 45.5 Å². The maximum Gasteiger partial charge on any atom is 0.237 e. The Morgan fingerprint density at radius 1 is 1.17 bits per heavy atom. The fraction of sp³-hybridized carbons (Fsp3) is 0.421. The minimum absolute atomic E-state index is 0.119. The summed E-state index contributed by atoms with van der Waals surface area (Å²) in [5.41, 5.74) is 1.19. The van der Waals surface area contributed by atoms with E-state index in [0.717, 1.165) is 43.9 Å². The predicted octanol–water partition coefficient (Wildman–Crippen LogP) is 2.78. The molecular weight excluding hydrogens is 288 g/mol. The van der Waals surface area contributed by atoms with E-state index in [0.29, 0.717) is 6.54 Å². The number of benzene rings is 1. The lowest BCUT2D eigenvalue weighted by atomic mass is 10.0. The normalized spacial score (nSPS) is 19.3. The van der Waals surface area contributed by atoms with Gasteiger partial charge < -0.3 is 9.73 Å². The van der Waals surface area contributed by atoms with Gasteiger partial charge in [-0.05, 0) is 30.5 Å². The third-order valence-corrected chi connectivity index (χ3v) is 4.36. The van der Waals surface area contributed by atoms with E-state index < -0.39 is 0 Å². The average molecular weight is 312 g/mol. The van der Waals surface area contributed by atoms with Gasteiger partial charge in [-0.1, -0.05) is 37.3 Å². The number of amides is 1. The van der Waals surface area contributed by atoms with Crippen molar-refractivity contribution >= 4 is 5.91 Å². The monoisotopic (exact) mass is 312 g/mol. The zero-order chi connectivity index (χ0) is 16.1. The summed E-state index contributed by atoms with van der Waals surface area (Å²) in [6, 6.07) is 14.1. The van der Waals surface area contributed by atoms with Gasteiger partial charge in [0.05, 0.1) is 12.6 Å². The molecule has 1 atom stereocenters. The Morgan fingerprint density at radius 2 is 1.96 bits per heavy atom. The van der Waals surface area contributed by atoms with Crippen LogP contribution in [0.1, 0.15) is 30.4 Å². The molecule has 1 N–H and O–H groups in total. The van der Waals surface area contributed by atoms with E-state index in [1.165, 1.54) is 5.56 Å². The summed E-state index contributed by atoms with van der Waals surface area (Å²) in [6.07, 6.45) is 2.60. The second kappa shape index (κ2) is 7.47. The molecule has 0 radical (unpaired) electrons. The van der Waals surface area contributed by atoms with Crippen molar-refractivity contribution in [2.45, 2.75) is 38.8 Å². The van der Waals surface area contributed by atoms with Gasteiger partial charge in [0.25, 0.3) is 0 Å². The maximum atomic E-state index is 12.5. The first kappa shape index (κ1) is 15.8. The SMILES string of the molecule is CCc1ccc(CN2CCCNC(=O)C2Cc2ccccc2)o1. The van der Waals surface area contributed by atoms with Crippen molar-refractivity contribution in [1.82, 2.24) is 10.2 Å². The Balaban J connectivity index is 1.77. The standard InChI is InChI=1S/C19H24N2O2/c1-2-16-9-10-17(23-16)14-21-12-6-11-20-19(22)18(21)13-15-7-4-3-5-8-15/h3-5,7-10,18H,2,6,11-14H2,1H3,(H,20,22). The first-order chi connectivity index (χ1) is 11.3. The third kappa shape index (κ3) is 4.02. The summed E-state index contributed by atoms with van der Waals surface area (Å²) in [7, 11) is 0. The molecule has 3 rings (SSSR count). The zero-order valence-electron chi connectivity index (χ0n) is 13.6. The van der Waals surface area contributed by atoms with Crippen LogP contribution in [-0.4, -0.2) is 29.9 Å². The van der Waals surface area contributed by atoms with Gasteiger partial charge >= 0.3 is 0 Å². The third-order valence-electron chi connectivity index (χ3n) is 4.36. The molecule has 2 aromatic rings. The molecule has 1 aliphatic rings. The summed E-state index contributed by atoms with van der Waals surface area (Å²) < 4.78 is 5.84. The summed E-state index contributed by atoms with van der Waals surface area (Å²) >= 11 is 0. The van der Waals surface area contributed by atoms with E-state index in [4.69, 9.17) is 4.42 Å². The van der Waals surface area contributed by atoms with Crippen LogP contribution < -0.4 is 5.32 Å². The predicted molar refractivity (Wildman–Crippen MR) is 90.1 cm³/mol. The van der Waals surface area contributed by atoms with Crippen LogP contribution in [0.15, 0.2) is 46.9 Å². The van der Waals surface area contributed by atoms with E-state index in [1.54, 1.807) is 0 Å². The van der Waals surface area contributed by atoms with Crippen LogP contribution in [0.3, 0.4) is 0 Å². The Kier molecular flexibility index (Phi) is 5.13. The van der Waals surface area contributed by atoms with Gasteiger partial charge in [0.1, 0.15) is 11.5 Å². The van der Waals surface area contributed by atoms with Crippen molar-refractivity contribution in [2.75, 3.05) is 13.1 Å². The molecule has 0 saturated carbocycles. The number of hydrogen-bond donors (Lipinski definition) is 1. The Bertz CT molecular complexity index is 636. The first-order valence-electron chi connectivity index (χ1n) is 8.39. The molecule has 1 aliphatic heterocycles. The molecule has 0 aliphatic carbocycles. The van der Waals surface area contributed by atoms with Crippen molar-refractivity contribution in [3.8, 4) is 0 Å². The molecule has 0 spiro atoms. The van der Waals surface area contributed by atoms with Crippen molar-refractivity contribution in [2.24, 2.45) is 0 Å². The second-order valence-electron chi connectivity index (χ2n) is 6.04. The minimum atomic E-state index is -0.143. The van der Waals surface area contributed by atoms with Gasteiger partial charge in [-0.15, -0.1) is 0 Å². The van der Waals surface area contributed by atoms with Crippen molar-refractivity contribution in [3.63, 3.8) is 0 Å². The Hall–Kier alpha value is -2.07. The Morgan fingerprint density at radius 3 is 2.70 bits per heavy atom. The molecule has 1 amide bonds. The van der Waals surface area contributed by atoms with Crippen LogP contribution in [-0.2, 0) is 24.2 Å². The van der Waals surface area contributed by atoms with Gasteiger partial charge in [0.2, 0.25) is 5.91 Å². The van der Waals surface area contributed by atoms with E-state index in [2.05, 4.69) is 29.3 Å². The van der Waals surface area contributed by atoms with Crippen molar-refractivity contribution < 1.29 is 9.21 Å². The number of furan rings is 1. The van der Waals surface area contributed by atoms with E-state index >= 15 is 0 Å². The molecule has 122 valence electrons. The van der Waals surface area contributed by atoms with Gasteiger partial charge in [-0.25, -0.2) is 0 Å². The lowest BCUT2D eigenvalue weighted by molar-refractivity contribution is -0.125. The highest BCUT2D eigenvalue weighted by atomic mass is 16.3. The molecule has 4 nitrogen and oxygen atoms in total. The highest BCUT2D eigenvalue weighted by Crippen LogP contribution is 2.17. The summed E-state index contributed by atoms with van der Waals surface area (Å²) in [4.78, 5) is 14.7. The van der Waals surface area contributed by atoms with Gasteiger partial charge in [0, 0.05) is 19.5 Å². The quantitative estimate of drug-likeness (QED) is 0.923. The molecular formula is C19H24N2O2. The zero-order valence-corrected chi connectivity index (χ0v) is 13.6. The number of aryl methyl sites for hydroxylation is 1. The molecule has 4 heteroatoms. The Labute approximate surface area is 137 Å². The summed E-state index contributed by atoms with van der Waals surface area (Å²) in [5.74, 6) is 2.06. The molecule has 23 heavy (non-hydrogen) atoms. The first-order valence-corrected chi connectivity index (χ1v) is 8.39. The van der Waals surface area contributed by atoms with E-state index in [9.17, 15) is 4.79 Å². The summed E-state index contributed by atoms with van der Waals surface area (Å²) in [5, 5.41) is 3.04. The molecule has 0 bridgehead atoms. The fourth-order valence-corrected chi connectivity index (χ4v) is 3.08. The molecule has 1 fully saturated rings. The molecule has 1 aromatic heterocycles. The maximum absolute atomic E-state index is 12.5. The number of nitrogens with zero attached hydrogens (tertiary/aromatic N) is 1. The van der Waals surface area contributed by atoms with Crippen LogP contribution in [0.2, 0.25) is 0 Å². The fourth-order valence-electron chi connectivity index (χ4n) is 3.08. The second-order valence-corrected chi connectivity index (χ2v) is 6.04. The van der Waals surface area contributed by atoms with E-state index in [-0.39, 0.29) is 11.9 Å².